The summed E-state index contributed by atoms with van der Waals surface area (Å²) in [5.41, 5.74) is 2.02. The molecule has 29 heavy (non-hydrogen) atoms. The van der Waals surface area contributed by atoms with E-state index in [-0.39, 0.29) is 24.3 Å². The SMILES string of the molecule is CCCC(NC(=O)NCc1ccc(F)cc1)C(=O)NC(C)CCc1ccccc1. The molecule has 0 fully saturated rings. The molecule has 0 saturated carbocycles. The fourth-order valence-electron chi connectivity index (χ4n) is 2.99. The number of urea groups is 1. The van der Waals surface area contributed by atoms with Gasteiger partial charge in [-0.15, -0.1) is 0 Å². The fraction of sp³-hybridized carbons (Fsp3) is 0.391. The van der Waals surface area contributed by atoms with Crippen LogP contribution in [-0.4, -0.2) is 24.0 Å². The Hall–Kier alpha value is -2.89. The molecule has 5 nitrogen and oxygen atoms in total. The molecule has 2 aromatic carbocycles. The minimum absolute atomic E-state index is 0.00568. The molecule has 0 heterocycles. The highest BCUT2D eigenvalue weighted by Crippen LogP contribution is 2.06. The summed E-state index contributed by atoms with van der Waals surface area (Å²) in [6.07, 6.45) is 3.04. The summed E-state index contributed by atoms with van der Waals surface area (Å²) in [7, 11) is 0. The van der Waals surface area contributed by atoms with Gasteiger partial charge in [0.05, 0.1) is 0 Å². The molecule has 2 rings (SSSR count). The van der Waals surface area contributed by atoms with Crippen molar-refractivity contribution in [2.45, 2.75) is 58.2 Å². The third-order valence-electron chi connectivity index (χ3n) is 4.66. The zero-order chi connectivity index (χ0) is 21.1. The van der Waals surface area contributed by atoms with Crippen LogP contribution in [0.4, 0.5) is 9.18 Å². The van der Waals surface area contributed by atoms with E-state index in [0.717, 1.165) is 24.8 Å². The molecule has 3 amide bonds. The third kappa shape index (κ3) is 8.34. The molecule has 0 aromatic heterocycles. The molecule has 0 aliphatic rings. The number of carbonyl (C=O) groups excluding carboxylic acids is 2. The van der Waals surface area contributed by atoms with E-state index < -0.39 is 12.1 Å². The predicted molar refractivity (Wildman–Crippen MR) is 113 cm³/mol. The number of aryl methyl sites for hydroxylation is 1. The van der Waals surface area contributed by atoms with Crippen molar-refractivity contribution in [2.75, 3.05) is 0 Å². The standard InChI is InChI=1S/C23H30FN3O2/c1-3-7-21(27-23(29)25-16-19-12-14-20(24)15-13-19)22(28)26-17(2)10-11-18-8-5-4-6-9-18/h4-6,8-9,12-15,17,21H,3,7,10-11,16H2,1-2H3,(H,26,28)(H2,25,27,29). The van der Waals surface area contributed by atoms with E-state index in [9.17, 15) is 14.0 Å². The number of rotatable bonds is 10. The average molecular weight is 400 g/mol. The quantitative estimate of drug-likeness (QED) is 0.566. The van der Waals surface area contributed by atoms with Gasteiger partial charge >= 0.3 is 6.03 Å². The first-order valence-electron chi connectivity index (χ1n) is 10.1. The molecule has 0 aliphatic heterocycles. The summed E-state index contributed by atoms with van der Waals surface area (Å²) in [5.74, 6) is -0.497. The maximum Gasteiger partial charge on any atom is 0.315 e. The number of benzene rings is 2. The van der Waals surface area contributed by atoms with Gasteiger partial charge in [0.25, 0.3) is 0 Å². The van der Waals surface area contributed by atoms with E-state index in [2.05, 4.69) is 28.1 Å². The zero-order valence-electron chi connectivity index (χ0n) is 17.1. The van der Waals surface area contributed by atoms with Gasteiger partial charge in [-0.3, -0.25) is 4.79 Å². The van der Waals surface area contributed by atoms with Crippen LogP contribution in [0.1, 0.15) is 44.2 Å². The Morgan fingerprint density at radius 2 is 1.62 bits per heavy atom. The number of hydrogen-bond acceptors (Lipinski definition) is 2. The first-order chi connectivity index (χ1) is 14.0. The minimum atomic E-state index is -0.590. The van der Waals surface area contributed by atoms with Gasteiger partial charge in [-0.2, -0.15) is 0 Å². The van der Waals surface area contributed by atoms with Crippen LogP contribution in [0.3, 0.4) is 0 Å². The van der Waals surface area contributed by atoms with Crippen LogP contribution in [0.25, 0.3) is 0 Å². The largest absolute Gasteiger partial charge is 0.352 e. The summed E-state index contributed by atoms with van der Waals surface area (Å²) >= 11 is 0. The van der Waals surface area contributed by atoms with Crippen LogP contribution in [0, 0.1) is 5.82 Å². The van der Waals surface area contributed by atoms with Gasteiger partial charge in [0, 0.05) is 12.6 Å². The fourth-order valence-corrected chi connectivity index (χ4v) is 2.99. The van der Waals surface area contributed by atoms with Gasteiger partial charge in [-0.05, 0) is 49.4 Å². The minimum Gasteiger partial charge on any atom is -0.352 e. The first-order valence-corrected chi connectivity index (χ1v) is 10.1. The van der Waals surface area contributed by atoms with Crippen LogP contribution >= 0.6 is 0 Å². The summed E-state index contributed by atoms with van der Waals surface area (Å²) in [6, 6.07) is 15.0. The van der Waals surface area contributed by atoms with Crippen molar-refractivity contribution >= 4 is 11.9 Å². The van der Waals surface area contributed by atoms with Gasteiger partial charge in [-0.1, -0.05) is 55.8 Å². The molecule has 2 atom stereocenters. The number of hydrogen-bond donors (Lipinski definition) is 3. The Kier molecular flexibility index (Phi) is 9.15. The lowest BCUT2D eigenvalue weighted by Gasteiger charge is -2.21. The molecular weight excluding hydrogens is 369 g/mol. The molecule has 0 saturated heterocycles. The molecular formula is C23H30FN3O2. The summed E-state index contributed by atoms with van der Waals surface area (Å²) in [5, 5.41) is 8.45. The Morgan fingerprint density at radius 1 is 0.931 bits per heavy atom. The average Bonchev–Trinajstić information content (AvgIpc) is 2.72. The highest BCUT2D eigenvalue weighted by atomic mass is 19.1. The van der Waals surface area contributed by atoms with Crippen LogP contribution in [0.2, 0.25) is 0 Å². The predicted octanol–water partition coefficient (Wildman–Crippen LogP) is 3.93. The Bertz CT molecular complexity index is 765. The van der Waals surface area contributed by atoms with E-state index >= 15 is 0 Å². The second-order valence-electron chi connectivity index (χ2n) is 7.23. The van der Waals surface area contributed by atoms with Crippen LogP contribution in [0.5, 0.6) is 0 Å². The van der Waals surface area contributed by atoms with Crippen LogP contribution < -0.4 is 16.0 Å². The van der Waals surface area contributed by atoms with Gasteiger partial charge in [-0.25, -0.2) is 9.18 Å². The van der Waals surface area contributed by atoms with E-state index in [1.807, 2.05) is 32.0 Å². The monoisotopic (exact) mass is 399 g/mol. The Morgan fingerprint density at radius 3 is 2.28 bits per heavy atom. The topological polar surface area (TPSA) is 70.2 Å². The molecule has 2 aromatic rings. The maximum atomic E-state index is 12.9. The van der Waals surface area contributed by atoms with Gasteiger partial charge < -0.3 is 16.0 Å². The molecule has 6 heteroatoms. The zero-order valence-corrected chi connectivity index (χ0v) is 17.1. The van der Waals surface area contributed by atoms with E-state index in [1.54, 1.807) is 12.1 Å². The Labute approximate surface area is 172 Å². The van der Waals surface area contributed by atoms with Crippen LogP contribution in [0.15, 0.2) is 54.6 Å². The lowest BCUT2D eigenvalue weighted by molar-refractivity contribution is -0.123. The van der Waals surface area contributed by atoms with Gasteiger partial charge in [0.2, 0.25) is 5.91 Å². The second kappa shape index (κ2) is 11.8. The highest BCUT2D eigenvalue weighted by molar-refractivity contribution is 5.87. The number of carbonyl (C=O) groups is 2. The third-order valence-corrected chi connectivity index (χ3v) is 4.66. The smallest absolute Gasteiger partial charge is 0.315 e. The number of amides is 3. The van der Waals surface area contributed by atoms with Crippen molar-refractivity contribution in [2.24, 2.45) is 0 Å². The van der Waals surface area contributed by atoms with Crippen LogP contribution in [-0.2, 0) is 17.8 Å². The molecule has 0 bridgehead atoms. The number of nitrogens with one attached hydrogen (secondary N) is 3. The first kappa shape index (κ1) is 22.4. The summed E-state index contributed by atoms with van der Waals surface area (Å²) < 4.78 is 12.9. The maximum absolute atomic E-state index is 12.9. The summed E-state index contributed by atoms with van der Waals surface area (Å²) in [4.78, 5) is 24.8. The lowest BCUT2D eigenvalue weighted by atomic mass is 10.1. The molecule has 3 N–H and O–H groups in total. The molecule has 0 aliphatic carbocycles. The van der Waals surface area contributed by atoms with Crippen molar-refractivity contribution in [3.05, 3.63) is 71.5 Å². The van der Waals surface area contributed by atoms with Gasteiger partial charge in [0.1, 0.15) is 11.9 Å². The van der Waals surface area contributed by atoms with Crippen molar-refractivity contribution in [3.8, 4) is 0 Å². The van der Waals surface area contributed by atoms with E-state index in [1.165, 1.54) is 17.7 Å². The lowest BCUT2D eigenvalue weighted by Crippen LogP contribution is -2.51. The number of halogens is 1. The molecule has 0 radical (unpaired) electrons. The van der Waals surface area contributed by atoms with E-state index in [4.69, 9.17) is 0 Å². The highest BCUT2D eigenvalue weighted by Gasteiger charge is 2.21. The molecule has 0 spiro atoms. The normalized spacial score (nSPS) is 12.7. The van der Waals surface area contributed by atoms with Crippen molar-refractivity contribution in [3.63, 3.8) is 0 Å². The molecule has 156 valence electrons. The van der Waals surface area contributed by atoms with Crippen molar-refractivity contribution in [1.82, 2.24) is 16.0 Å². The molecule has 2 unspecified atom stereocenters. The Balaban J connectivity index is 1.79. The van der Waals surface area contributed by atoms with E-state index in [0.29, 0.717) is 6.42 Å². The second-order valence-corrected chi connectivity index (χ2v) is 7.23. The van der Waals surface area contributed by atoms with Crippen molar-refractivity contribution < 1.29 is 14.0 Å². The summed E-state index contributed by atoms with van der Waals surface area (Å²) in [6.45, 7) is 4.20. The van der Waals surface area contributed by atoms with Gasteiger partial charge in [0.15, 0.2) is 0 Å². The van der Waals surface area contributed by atoms with Crippen molar-refractivity contribution in [1.29, 1.82) is 0 Å².